The Kier molecular flexibility index (Phi) is 6.16. The molecule has 0 aromatic heterocycles. The standard InChI is InChI=1S/C20H19ClN2O4S2/c1-15-2-8-19(9-3-15)23-29(26,27)20-12-10-18(11-13-20)22-28(24,25)14-16-4-6-17(21)7-5-16/h2-13,22-23H,14H2,1H3. The van der Waals surface area contributed by atoms with Crippen molar-refractivity contribution < 1.29 is 16.8 Å². The van der Waals surface area contributed by atoms with Crippen molar-refractivity contribution >= 4 is 43.0 Å². The minimum Gasteiger partial charge on any atom is -0.283 e. The number of halogens is 1. The number of benzene rings is 3. The third-order valence-electron chi connectivity index (χ3n) is 4.01. The zero-order valence-electron chi connectivity index (χ0n) is 15.5. The molecule has 2 N–H and O–H groups in total. The van der Waals surface area contributed by atoms with Crippen molar-refractivity contribution in [2.24, 2.45) is 0 Å². The molecule has 3 aromatic rings. The largest absolute Gasteiger partial charge is 0.283 e. The molecule has 6 nitrogen and oxygen atoms in total. The average Bonchev–Trinajstić information content (AvgIpc) is 2.65. The van der Waals surface area contributed by atoms with Gasteiger partial charge in [-0.05, 0) is 61.0 Å². The zero-order valence-corrected chi connectivity index (χ0v) is 17.9. The van der Waals surface area contributed by atoms with Gasteiger partial charge in [0.05, 0.1) is 10.6 Å². The third kappa shape index (κ3) is 5.96. The van der Waals surface area contributed by atoms with Crippen LogP contribution >= 0.6 is 11.6 Å². The van der Waals surface area contributed by atoms with E-state index in [9.17, 15) is 16.8 Å². The Morgan fingerprint density at radius 3 is 1.83 bits per heavy atom. The van der Waals surface area contributed by atoms with Crippen molar-refractivity contribution in [3.63, 3.8) is 0 Å². The molecule has 0 saturated carbocycles. The van der Waals surface area contributed by atoms with E-state index in [2.05, 4.69) is 9.44 Å². The molecule has 0 heterocycles. The van der Waals surface area contributed by atoms with Gasteiger partial charge in [0.2, 0.25) is 10.0 Å². The van der Waals surface area contributed by atoms with Crippen LogP contribution in [0.5, 0.6) is 0 Å². The fourth-order valence-corrected chi connectivity index (χ4v) is 4.94. The lowest BCUT2D eigenvalue weighted by atomic mass is 10.2. The van der Waals surface area contributed by atoms with Gasteiger partial charge in [0.25, 0.3) is 10.0 Å². The molecule has 152 valence electrons. The van der Waals surface area contributed by atoms with Crippen LogP contribution in [0, 0.1) is 6.92 Å². The van der Waals surface area contributed by atoms with Crippen molar-refractivity contribution in [1.82, 2.24) is 0 Å². The van der Waals surface area contributed by atoms with Gasteiger partial charge in [0, 0.05) is 16.4 Å². The van der Waals surface area contributed by atoms with E-state index >= 15 is 0 Å². The fraction of sp³-hybridized carbons (Fsp3) is 0.100. The van der Waals surface area contributed by atoms with Gasteiger partial charge in [-0.1, -0.05) is 41.4 Å². The number of rotatable bonds is 7. The molecule has 3 aromatic carbocycles. The summed E-state index contributed by atoms with van der Waals surface area (Å²) in [4.78, 5) is 0.0266. The molecule has 29 heavy (non-hydrogen) atoms. The first kappa shape index (κ1) is 21.2. The summed E-state index contributed by atoms with van der Waals surface area (Å²) in [5.74, 6) is -0.223. The van der Waals surface area contributed by atoms with E-state index in [0.717, 1.165) is 5.56 Å². The Hall–Kier alpha value is -2.55. The summed E-state index contributed by atoms with van der Waals surface area (Å²) in [5.41, 5.74) is 2.32. The molecule has 3 rings (SSSR count). The van der Waals surface area contributed by atoms with Crippen molar-refractivity contribution in [1.29, 1.82) is 0 Å². The van der Waals surface area contributed by atoms with Gasteiger partial charge in [-0.25, -0.2) is 16.8 Å². The van der Waals surface area contributed by atoms with Crippen LogP contribution in [0.1, 0.15) is 11.1 Å². The van der Waals surface area contributed by atoms with Crippen LogP contribution in [0.4, 0.5) is 11.4 Å². The number of anilines is 2. The smallest absolute Gasteiger partial charge is 0.261 e. The molecule has 0 amide bonds. The van der Waals surface area contributed by atoms with Gasteiger partial charge in [0.1, 0.15) is 0 Å². The molecule has 0 aliphatic carbocycles. The highest BCUT2D eigenvalue weighted by Gasteiger charge is 2.16. The molecule has 0 fully saturated rings. The first-order valence-corrected chi connectivity index (χ1v) is 12.1. The maximum atomic E-state index is 12.5. The molecular weight excluding hydrogens is 432 g/mol. The quantitative estimate of drug-likeness (QED) is 0.558. The Bertz CT molecular complexity index is 1190. The van der Waals surface area contributed by atoms with Crippen LogP contribution in [-0.4, -0.2) is 16.8 Å². The normalized spacial score (nSPS) is 11.8. The Morgan fingerprint density at radius 1 is 0.724 bits per heavy atom. The van der Waals surface area contributed by atoms with E-state index < -0.39 is 20.0 Å². The molecule has 0 aliphatic rings. The SMILES string of the molecule is Cc1ccc(NS(=O)(=O)c2ccc(NS(=O)(=O)Cc3ccc(Cl)cc3)cc2)cc1. The van der Waals surface area contributed by atoms with E-state index in [1.54, 1.807) is 48.5 Å². The molecule has 0 atom stereocenters. The van der Waals surface area contributed by atoms with E-state index in [1.807, 2.05) is 6.92 Å². The summed E-state index contributed by atoms with van der Waals surface area (Å²) in [6.45, 7) is 1.91. The molecule has 0 spiro atoms. The molecule has 0 radical (unpaired) electrons. The first-order chi connectivity index (χ1) is 13.6. The first-order valence-electron chi connectivity index (χ1n) is 8.57. The Balaban J connectivity index is 1.70. The van der Waals surface area contributed by atoms with Crippen LogP contribution < -0.4 is 9.44 Å². The minimum atomic E-state index is -3.78. The highest BCUT2D eigenvalue weighted by Crippen LogP contribution is 2.20. The van der Waals surface area contributed by atoms with Gasteiger partial charge >= 0.3 is 0 Å². The second kappa shape index (κ2) is 8.44. The van der Waals surface area contributed by atoms with E-state index in [0.29, 0.717) is 16.3 Å². The number of sulfonamides is 2. The van der Waals surface area contributed by atoms with Crippen molar-refractivity contribution in [2.45, 2.75) is 17.6 Å². The van der Waals surface area contributed by atoms with Crippen molar-refractivity contribution in [3.05, 3.63) is 88.9 Å². The molecule has 9 heteroatoms. The summed E-state index contributed by atoms with van der Waals surface area (Å²) >= 11 is 5.80. The maximum Gasteiger partial charge on any atom is 0.261 e. The fourth-order valence-electron chi connectivity index (χ4n) is 2.55. The molecule has 0 bridgehead atoms. The van der Waals surface area contributed by atoms with Crippen molar-refractivity contribution in [2.75, 3.05) is 9.44 Å². The highest BCUT2D eigenvalue weighted by molar-refractivity contribution is 7.92. The van der Waals surface area contributed by atoms with E-state index in [1.165, 1.54) is 24.3 Å². The monoisotopic (exact) mass is 450 g/mol. The summed E-state index contributed by atoms with van der Waals surface area (Å²) in [6, 6.07) is 19.0. The summed E-state index contributed by atoms with van der Waals surface area (Å²) in [6.07, 6.45) is 0. The van der Waals surface area contributed by atoms with Gasteiger partial charge in [-0.15, -0.1) is 0 Å². The molecule has 0 aliphatic heterocycles. The van der Waals surface area contributed by atoms with Gasteiger partial charge < -0.3 is 0 Å². The number of hydrogen-bond donors (Lipinski definition) is 2. The lowest BCUT2D eigenvalue weighted by Gasteiger charge is -2.11. The summed E-state index contributed by atoms with van der Waals surface area (Å²) < 4.78 is 54.6. The van der Waals surface area contributed by atoms with Gasteiger partial charge in [-0.2, -0.15) is 0 Å². The van der Waals surface area contributed by atoms with Crippen LogP contribution in [0.25, 0.3) is 0 Å². The predicted octanol–water partition coefficient (Wildman–Crippen LogP) is 4.39. The van der Waals surface area contributed by atoms with E-state index in [-0.39, 0.29) is 16.3 Å². The Labute approximate surface area is 175 Å². The summed E-state index contributed by atoms with van der Waals surface area (Å²) in [5, 5.41) is 0.523. The lowest BCUT2D eigenvalue weighted by molar-refractivity contribution is 0.599. The number of nitrogens with one attached hydrogen (secondary N) is 2. The van der Waals surface area contributed by atoms with Crippen LogP contribution in [-0.2, 0) is 25.8 Å². The van der Waals surface area contributed by atoms with Crippen molar-refractivity contribution in [3.8, 4) is 0 Å². The topological polar surface area (TPSA) is 92.3 Å². The predicted molar refractivity (Wildman–Crippen MR) is 116 cm³/mol. The second-order valence-corrected chi connectivity index (χ2v) is 10.3. The van der Waals surface area contributed by atoms with Crippen LogP contribution in [0.15, 0.2) is 77.7 Å². The second-order valence-electron chi connectivity index (χ2n) is 6.48. The molecular formula is C20H19ClN2O4S2. The van der Waals surface area contributed by atoms with Gasteiger partial charge in [0.15, 0.2) is 0 Å². The third-order valence-corrected chi connectivity index (χ3v) is 6.92. The highest BCUT2D eigenvalue weighted by atomic mass is 35.5. The molecule has 0 saturated heterocycles. The Morgan fingerprint density at radius 2 is 1.24 bits per heavy atom. The van der Waals surface area contributed by atoms with E-state index in [4.69, 9.17) is 11.6 Å². The van der Waals surface area contributed by atoms with Crippen LogP contribution in [0.2, 0.25) is 5.02 Å². The zero-order chi connectivity index (χ0) is 21.1. The average molecular weight is 451 g/mol. The number of aryl methyl sites for hydroxylation is 1. The minimum absolute atomic E-state index is 0.0266. The number of hydrogen-bond acceptors (Lipinski definition) is 4. The van der Waals surface area contributed by atoms with Gasteiger partial charge in [-0.3, -0.25) is 9.44 Å². The van der Waals surface area contributed by atoms with Crippen LogP contribution in [0.3, 0.4) is 0 Å². The maximum absolute atomic E-state index is 12.5. The lowest BCUT2D eigenvalue weighted by Crippen LogP contribution is -2.16. The molecule has 0 unspecified atom stereocenters. The summed E-state index contributed by atoms with van der Waals surface area (Å²) in [7, 11) is -7.44.